The summed E-state index contributed by atoms with van der Waals surface area (Å²) in [6.45, 7) is 3.77. The Morgan fingerprint density at radius 2 is 1.70 bits per heavy atom. The van der Waals surface area contributed by atoms with E-state index in [4.69, 9.17) is 23.2 Å². The van der Waals surface area contributed by atoms with E-state index in [2.05, 4.69) is 0 Å². The van der Waals surface area contributed by atoms with Crippen LogP contribution in [0.1, 0.15) is 22.5 Å². The summed E-state index contributed by atoms with van der Waals surface area (Å²) in [6.07, 6.45) is 1.68. The van der Waals surface area contributed by atoms with E-state index in [1.54, 1.807) is 36.4 Å². The van der Waals surface area contributed by atoms with E-state index in [0.29, 0.717) is 20.5 Å². The van der Waals surface area contributed by atoms with Crippen LogP contribution in [0.2, 0.25) is 10.0 Å². The van der Waals surface area contributed by atoms with Crippen molar-refractivity contribution in [1.29, 1.82) is 0 Å². The maximum atomic E-state index is 13.0. The van der Waals surface area contributed by atoms with E-state index >= 15 is 0 Å². The van der Waals surface area contributed by atoms with Gasteiger partial charge in [-0.1, -0.05) is 29.3 Å². The molecule has 10 heteroatoms. The maximum Gasteiger partial charge on any atom is 0.293 e. The van der Waals surface area contributed by atoms with E-state index in [1.807, 2.05) is 24.5 Å². The van der Waals surface area contributed by atoms with Gasteiger partial charge < -0.3 is 4.57 Å². The molecule has 1 aromatic heterocycles. The molecule has 2 heterocycles. The van der Waals surface area contributed by atoms with Crippen molar-refractivity contribution in [3.63, 3.8) is 0 Å². The minimum atomic E-state index is -0.448. The van der Waals surface area contributed by atoms with Crippen LogP contribution in [0.3, 0.4) is 0 Å². The number of nitro groups is 1. The molecule has 0 N–H and O–H groups in total. The van der Waals surface area contributed by atoms with Gasteiger partial charge in [-0.25, -0.2) is 0 Å². The predicted molar refractivity (Wildman–Crippen MR) is 130 cm³/mol. The van der Waals surface area contributed by atoms with Crippen molar-refractivity contribution >= 4 is 57.9 Å². The molecule has 2 aromatic carbocycles. The van der Waals surface area contributed by atoms with E-state index in [0.717, 1.165) is 39.3 Å². The molecule has 0 radical (unpaired) electrons. The number of thioether (sulfide) groups is 1. The summed E-state index contributed by atoms with van der Waals surface area (Å²) in [5, 5.41) is 11.3. The first-order chi connectivity index (χ1) is 15.7. The molecule has 1 saturated heterocycles. The monoisotopic (exact) mass is 501 g/mol. The maximum absolute atomic E-state index is 13.0. The van der Waals surface area contributed by atoms with Crippen molar-refractivity contribution in [2.24, 2.45) is 0 Å². The van der Waals surface area contributed by atoms with Crippen LogP contribution in [0.5, 0.6) is 0 Å². The molecule has 0 saturated carbocycles. The number of aryl methyl sites for hydroxylation is 1. The zero-order chi connectivity index (χ0) is 23.9. The molecule has 0 atom stereocenters. The van der Waals surface area contributed by atoms with Crippen LogP contribution in [0.15, 0.2) is 53.4 Å². The minimum absolute atomic E-state index is 0.00809. The standard InChI is InChI=1S/C23H17Cl2N3O4S/c1-13-10-15(14(2)27(13)16-6-8-17(9-7-16)28(31)32)11-21-22(29)26(23(30)33-21)12-18-19(24)4-3-5-20(18)25/h3-11H,12H2,1-2H3/b21-11-. The fourth-order valence-corrected chi connectivity index (χ4v) is 5.02. The van der Waals surface area contributed by atoms with Crippen LogP contribution in [0, 0.1) is 24.0 Å². The molecule has 4 rings (SSSR count). The number of hydrogen-bond donors (Lipinski definition) is 0. The van der Waals surface area contributed by atoms with Gasteiger partial charge >= 0.3 is 0 Å². The summed E-state index contributed by atoms with van der Waals surface area (Å²) in [4.78, 5) is 37.4. The Hall–Kier alpha value is -3.07. The van der Waals surface area contributed by atoms with Crippen molar-refractivity contribution in [3.8, 4) is 5.69 Å². The van der Waals surface area contributed by atoms with Gasteiger partial charge in [0.2, 0.25) is 0 Å². The SMILES string of the molecule is Cc1cc(/C=C2\SC(=O)N(Cc3c(Cl)cccc3Cl)C2=O)c(C)n1-c1ccc([N+](=O)[O-])cc1. The molecule has 7 nitrogen and oxygen atoms in total. The van der Waals surface area contributed by atoms with Crippen LogP contribution in [0.4, 0.5) is 10.5 Å². The molecular weight excluding hydrogens is 485 g/mol. The molecule has 3 aromatic rings. The third kappa shape index (κ3) is 4.42. The average molecular weight is 502 g/mol. The number of halogens is 2. The lowest BCUT2D eigenvalue weighted by Crippen LogP contribution is -2.27. The second-order valence-electron chi connectivity index (χ2n) is 7.40. The zero-order valence-corrected chi connectivity index (χ0v) is 19.9. The topological polar surface area (TPSA) is 85.5 Å². The van der Waals surface area contributed by atoms with Gasteiger partial charge in [-0.3, -0.25) is 24.6 Å². The molecule has 2 amide bonds. The van der Waals surface area contributed by atoms with Crippen molar-refractivity contribution in [1.82, 2.24) is 9.47 Å². The van der Waals surface area contributed by atoms with Gasteiger partial charge in [0.05, 0.1) is 16.4 Å². The minimum Gasteiger partial charge on any atom is -0.318 e. The number of hydrogen-bond acceptors (Lipinski definition) is 5. The molecule has 0 bridgehead atoms. The normalized spacial score (nSPS) is 15.0. The number of rotatable bonds is 5. The van der Waals surface area contributed by atoms with E-state index in [1.165, 1.54) is 12.1 Å². The summed E-state index contributed by atoms with van der Waals surface area (Å²) in [5.41, 5.74) is 3.77. The van der Waals surface area contributed by atoms with Crippen molar-refractivity contribution in [2.45, 2.75) is 20.4 Å². The number of amides is 2. The number of imide groups is 1. The van der Waals surface area contributed by atoms with Gasteiger partial charge in [0.15, 0.2) is 0 Å². The van der Waals surface area contributed by atoms with Crippen molar-refractivity contribution < 1.29 is 14.5 Å². The Morgan fingerprint density at radius 1 is 1.06 bits per heavy atom. The lowest BCUT2D eigenvalue weighted by molar-refractivity contribution is -0.384. The van der Waals surface area contributed by atoms with E-state index in [9.17, 15) is 19.7 Å². The Morgan fingerprint density at radius 3 is 2.30 bits per heavy atom. The molecule has 1 aliphatic rings. The third-order valence-corrected chi connectivity index (χ3v) is 6.94. The summed E-state index contributed by atoms with van der Waals surface area (Å²) in [6, 6.07) is 13.1. The molecule has 0 spiro atoms. The van der Waals surface area contributed by atoms with Crippen LogP contribution < -0.4 is 0 Å². The number of carbonyl (C=O) groups is 2. The second kappa shape index (κ2) is 9.05. The quantitative estimate of drug-likeness (QED) is 0.225. The Labute approximate surface area is 203 Å². The highest BCUT2D eigenvalue weighted by Gasteiger charge is 2.36. The Balaban J connectivity index is 1.63. The second-order valence-corrected chi connectivity index (χ2v) is 9.21. The Kier molecular flexibility index (Phi) is 6.34. The smallest absolute Gasteiger partial charge is 0.293 e. The summed E-state index contributed by atoms with van der Waals surface area (Å²) in [5.74, 6) is -0.416. The largest absolute Gasteiger partial charge is 0.318 e. The highest BCUT2D eigenvalue weighted by atomic mass is 35.5. The molecule has 33 heavy (non-hydrogen) atoms. The fourth-order valence-electron chi connectivity index (χ4n) is 3.67. The molecule has 1 aliphatic heterocycles. The lowest BCUT2D eigenvalue weighted by Gasteiger charge is -2.14. The van der Waals surface area contributed by atoms with Gasteiger partial charge in [-0.2, -0.15) is 0 Å². The Bertz CT molecular complexity index is 1310. The number of nitro benzene ring substituents is 1. The van der Waals surface area contributed by atoms with Gasteiger partial charge in [-0.15, -0.1) is 0 Å². The number of benzene rings is 2. The first-order valence-electron chi connectivity index (χ1n) is 9.79. The van der Waals surface area contributed by atoms with Crippen LogP contribution in [0.25, 0.3) is 11.8 Å². The predicted octanol–water partition coefficient (Wildman–Crippen LogP) is 6.55. The number of nitrogens with zero attached hydrogens (tertiary/aromatic N) is 3. The average Bonchev–Trinajstić information content (AvgIpc) is 3.19. The van der Waals surface area contributed by atoms with E-state index in [-0.39, 0.29) is 12.2 Å². The first-order valence-corrected chi connectivity index (χ1v) is 11.4. The zero-order valence-electron chi connectivity index (χ0n) is 17.5. The lowest BCUT2D eigenvalue weighted by atomic mass is 10.2. The summed E-state index contributed by atoms with van der Waals surface area (Å²) in [7, 11) is 0. The molecule has 1 fully saturated rings. The van der Waals surface area contributed by atoms with Gasteiger partial charge in [0, 0.05) is 44.8 Å². The molecule has 0 aliphatic carbocycles. The highest BCUT2D eigenvalue weighted by Crippen LogP contribution is 2.36. The number of non-ortho nitro benzene ring substituents is 1. The highest BCUT2D eigenvalue weighted by molar-refractivity contribution is 8.18. The van der Waals surface area contributed by atoms with Crippen molar-refractivity contribution in [2.75, 3.05) is 0 Å². The van der Waals surface area contributed by atoms with Crippen molar-refractivity contribution in [3.05, 3.63) is 96.1 Å². The van der Waals surface area contributed by atoms with Gasteiger partial charge in [-0.05, 0) is 67.6 Å². The number of aromatic nitrogens is 1. The summed E-state index contributed by atoms with van der Waals surface area (Å²) >= 11 is 13.3. The molecular formula is C23H17Cl2N3O4S. The number of carbonyl (C=O) groups excluding carboxylic acids is 2. The van der Waals surface area contributed by atoms with Gasteiger partial charge in [0.1, 0.15) is 0 Å². The van der Waals surface area contributed by atoms with Crippen LogP contribution in [-0.2, 0) is 11.3 Å². The fraction of sp³-hybridized carbons (Fsp3) is 0.130. The molecule has 0 unspecified atom stereocenters. The third-order valence-electron chi connectivity index (χ3n) is 5.33. The summed E-state index contributed by atoms with van der Waals surface area (Å²) < 4.78 is 1.93. The van der Waals surface area contributed by atoms with Gasteiger partial charge in [0.25, 0.3) is 16.8 Å². The van der Waals surface area contributed by atoms with Crippen LogP contribution >= 0.6 is 35.0 Å². The van der Waals surface area contributed by atoms with Crippen LogP contribution in [-0.4, -0.2) is 25.5 Å². The molecule has 168 valence electrons. The van der Waals surface area contributed by atoms with E-state index < -0.39 is 16.1 Å². The first kappa shape index (κ1) is 23.1.